The van der Waals surface area contributed by atoms with Crippen LogP contribution >= 0.6 is 15.9 Å². The zero-order chi connectivity index (χ0) is 15.4. The fraction of sp³-hybridized carbons (Fsp3) is 0.412. The summed E-state index contributed by atoms with van der Waals surface area (Å²) in [4.78, 5) is 11.3. The summed E-state index contributed by atoms with van der Waals surface area (Å²) in [7, 11) is 0. The highest BCUT2D eigenvalue weighted by molar-refractivity contribution is 9.10. The van der Waals surface area contributed by atoms with Gasteiger partial charge in [-0.05, 0) is 53.7 Å². The van der Waals surface area contributed by atoms with Gasteiger partial charge in [-0.1, -0.05) is 19.1 Å². The standard InChI is InChI=1S/C17H21BrN4/c1-2-13-7-5-6-10-22(13)17-11-16(19-12-20-17)21-15-9-4-3-8-14(15)18/h3-4,8-9,11-13H,2,5-7,10H2,1H3,(H,19,20,21). The molecule has 0 bridgehead atoms. The molecule has 1 saturated heterocycles. The van der Waals surface area contributed by atoms with Gasteiger partial charge in [0.25, 0.3) is 0 Å². The van der Waals surface area contributed by atoms with Gasteiger partial charge in [-0.25, -0.2) is 9.97 Å². The van der Waals surface area contributed by atoms with Crippen LogP contribution in [0.3, 0.4) is 0 Å². The Morgan fingerprint density at radius 2 is 2.14 bits per heavy atom. The molecule has 0 saturated carbocycles. The number of nitrogens with one attached hydrogen (secondary N) is 1. The summed E-state index contributed by atoms with van der Waals surface area (Å²) in [6.45, 7) is 3.34. The highest BCUT2D eigenvalue weighted by atomic mass is 79.9. The molecule has 1 N–H and O–H groups in total. The minimum absolute atomic E-state index is 0.597. The van der Waals surface area contributed by atoms with E-state index in [1.807, 2.05) is 30.3 Å². The summed E-state index contributed by atoms with van der Waals surface area (Å²) in [6, 6.07) is 10.7. The van der Waals surface area contributed by atoms with E-state index in [0.29, 0.717) is 6.04 Å². The van der Waals surface area contributed by atoms with E-state index >= 15 is 0 Å². The van der Waals surface area contributed by atoms with Crippen molar-refractivity contribution in [2.45, 2.75) is 38.6 Å². The summed E-state index contributed by atoms with van der Waals surface area (Å²) in [5.74, 6) is 1.86. The molecule has 1 atom stereocenters. The van der Waals surface area contributed by atoms with Crippen molar-refractivity contribution in [3.05, 3.63) is 41.1 Å². The first-order valence-corrected chi connectivity index (χ1v) is 8.67. The Labute approximate surface area is 140 Å². The Bertz CT molecular complexity index is 632. The Balaban J connectivity index is 1.82. The van der Waals surface area contributed by atoms with Crippen molar-refractivity contribution in [2.24, 2.45) is 0 Å². The fourth-order valence-electron chi connectivity index (χ4n) is 3.00. The number of para-hydroxylation sites is 1. The quantitative estimate of drug-likeness (QED) is 0.853. The van der Waals surface area contributed by atoms with Crippen molar-refractivity contribution < 1.29 is 0 Å². The fourth-order valence-corrected chi connectivity index (χ4v) is 3.38. The molecular formula is C17H21BrN4. The number of piperidine rings is 1. The van der Waals surface area contributed by atoms with Crippen molar-refractivity contribution in [3.8, 4) is 0 Å². The van der Waals surface area contributed by atoms with E-state index in [1.54, 1.807) is 6.33 Å². The van der Waals surface area contributed by atoms with Gasteiger partial charge in [0, 0.05) is 23.1 Å². The molecular weight excluding hydrogens is 340 g/mol. The molecule has 0 aliphatic carbocycles. The summed E-state index contributed by atoms with van der Waals surface area (Å²) < 4.78 is 1.03. The number of aromatic nitrogens is 2. The van der Waals surface area contributed by atoms with Crippen molar-refractivity contribution in [1.82, 2.24) is 9.97 Å². The number of hydrogen-bond donors (Lipinski definition) is 1. The van der Waals surface area contributed by atoms with Gasteiger partial charge < -0.3 is 10.2 Å². The molecule has 0 spiro atoms. The monoisotopic (exact) mass is 360 g/mol. The number of anilines is 3. The predicted molar refractivity (Wildman–Crippen MR) is 94.7 cm³/mol. The van der Waals surface area contributed by atoms with Crippen LogP contribution < -0.4 is 10.2 Å². The lowest BCUT2D eigenvalue weighted by Gasteiger charge is -2.36. The van der Waals surface area contributed by atoms with E-state index in [-0.39, 0.29) is 0 Å². The predicted octanol–water partition coefficient (Wildman–Crippen LogP) is 4.75. The van der Waals surface area contributed by atoms with Crippen molar-refractivity contribution in [2.75, 3.05) is 16.8 Å². The maximum absolute atomic E-state index is 4.49. The average Bonchev–Trinajstić information content (AvgIpc) is 2.57. The lowest BCUT2D eigenvalue weighted by Crippen LogP contribution is -2.39. The second kappa shape index (κ2) is 7.09. The number of benzene rings is 1. The highest BCUT2D eigenvalue weighted by Gasteiger charge is 2.22. The molecule has 1 unspecified atom stereocenters. The maximum Gasteiger partial charge on any atom is 0.135 e. The molecule has 2 heterocycles. The zero-order valence-corrected chi connectivity index (χ0v) is 14.4. The van der Waals surface area contributed by atoms with Gasteiger partial charge in [-0.3, -0.25) is 0 Å². The van der Waals surface area contributed by atoms with Crippen molar-refractivity contribution >= 4 is 33.3 Å². The second-order valence-corrected chi connectivity index (χ2v) is 6.47. The van der Waals surface area contributed by atoms with Gasteiger partial charge in [0.15, 0.2) is 0 Å². The Hall–Kier alpha value is -1.62. The highest BCUT2D eigenvalue weighted by Crippen LogP contribution is 2.28. The van der Waals surface area contributed by atoms with Crippen LogP contribution in [0.2, 0.25) is 0 Å². The molecule has 1 aromatic carbocycles. The molecule has 116 valence electrons. The van der Waals surface area contributed by atoms with Gasteiger partial charge in [-0.15, -0.1) is 0 Å². The van der Waals surface area contributed by atoms with E-state index in [2.05, 4.69) is 43.0 Å². The lowest BCUT2D eigenvalue weighted by atomic mass is 10.0. The van der Waals surface area contributed by atoms with E-state index < -0.39 is 0 Å². The van der Waals surface area contributed by atoms with Crippen molar-refractivity contribution in [1.29, 1.82) is 0 Å². The molecule has 5 heteroatoms. The third-order valence-electron chi connectivity index (χ3n) is 4.18. The first-order valence-electron chi connectivity index (χ1n) is 7.88. The first-order chi connectivity index (χ1) is 10.8. The third kappa shape index (κ3) is 3.40. The van der Waals surface area contributed by atoms with E-state index in [9.17, 15) is 0 Å². The minimum atomic E-state index is 0.597. The number of hydrogen-bond acceptors (Lipinski definition) is 4. The van der Waals surface area contributed by atoms with Crippen molar-refractivity contribution in [3.63, 3.8) is 0 Å². The van der Waals surface area contributed by atoms with Crippen LogP contribution in [0.25, 0.3) is 0 Å². The summed E-state index contributed by atoms with van der Waals surface area (Å²) in [6.07, 6.45) is 6.63. The molecule has 1 aliphatic rings. The average molecular weight is 361 g/mol. The van der Waals surface area contributed by atoms with E-state index in [1.165, 1.54) is 19.3 Å². The van der Waals surface area contributed by atoms with Crippen LogP contribution in [-0.4, -0.2) is 22.6 Å². The maximum atomic E-state index is 4.49. The number of rotatable bonds is 4. The lowest BCUT2D eigenvalue weighted by molar-refractivity contribution is 0.446. The molecule has 3 rings (SSSR count). The Kier molecular flexibility index (Phi) is 4.93. The topological polar surface area (TPSA) is 41.0 Å². The molecule has 22 heavy (non-hydrogen) atoms. The van der Waals surface area contributed by atoms with Gasteiger partial charge in [-0.2, -0.15) is 0 Å². The van der Waals surface area contributed by atoms with E-state index in [4.69, 9.17) is 0 Å². The second-order valence-electron chi connectivity index (χ2n) is 5.62. The third-order valence-corrected chi connectivity index (χ3v) is 4.87. The molecule has 2 aromatic rings. The number of nitrogens with zero attached hydrogens (tertiary/aromatic N) is 3. The molecule has 0 radical (unpaired) electrons. The summed E-state index contributed by atoms with van der Waals surface area (Å²) in [5, 5.41) is 3.36. The smallest absolute Gasteiger partial charge is 0.135 e. The minimum Gasteiger partial charge on any atom is -0.353 e. The normalized spacial score (nSPS) is 18.3. The van der Waals surface area contributed by atoms with Gasteiger partial charge in [0.1, 0.15) is 18.0 Å². The zero-order valence-electron chi connectivity index (χ0n) is 12.8. The molecule has 1 aromatic heterocycles. The molecule has 1 aliphatic heterocycles. The van der Waals surface area contributed by atoms with Crippen LogP contribution in [0.4, 0.5) is 17.3 Å². The van der Waals surface area contributed by atoms with Gasteiger partial charge in [0.2, 0.25) is 0 Å². The van der Waals surface area contributed by atoms with Crippen LogP contribution in [0.15, 0.2) is 41.1 Å². The van der Waals surface area contributed by atoms with Crippen LogP contribution in [-0.2, 0) is 0 Å². The Morgan fingerprint density at radius 3 is 2.95 bits per heavy atom. The van der Waals surface area contributed by atoms with E-state index in [0.717, 1.165) is 34.8 Å². The van der Waals surface area contributed by atoms with Gasteiger partial charge >= 0.3 is 0 Å². The summed E-state index contributed by atoms with van der Waals surface area (Å²) >= 11 is 3.55. The molecule has 4 nitrogen and oxygen atoms in total. The summed E-state index contributed by atoms with van der Waals surface area (Å²) in [5.41, 5.74) is 1.01. The molecule has 0 amide bonds. The SMILES string of the molecule is CCC1CCCCN1c1cc(Nc2ccccc2Br)ncn1. The number of halogens is 1. The Morgan fingerprint density at radius 1 is 1.27 bits per heavy atom. The van der Waals surface area contributed by atoms with Crippen LogP contribution in [0.5, 0.6) is 0 Å². The van der Waals surface area contributed by atoms with Crippen LogP contribution in [0.1, 0.15) is 32.6 Å². The largest absolute Gasteiger partial charge is 0.353 e. The van der Waals surface area contributed by atoms with Crippen LogP contribution in [0, 0.1) is 0 Å². The molecule has 1 fully saturated rings. The van der Waals surface area contributed by atoms with Gasteiger partial charge in [0.05, 0.1) is 5.69 Å². The first kappa shape index (κ1) is 15.3.